The summed E-state index contributed by atoms with van der Waals surface area (Å²) in [6.45, 7) is 2.81. The lowest BCUT2D eigenvalue weighted by atomic mass is 9.91. The van der Waals surface area contributed by atoms with Gasteiger partial charge in [-0.2, -0.15) is 0 Å². The highest BCUT2D eigenvalue weighted by Crippen LogP contribution is 2.31. The molecule has 0 bridgehead atoms. The second kappa shape index (κ2) is 14.2. The summed E-state index contributed by atoms with van der Waals surface area (Å²) in [5.41, 5.74) is 3.21. The molecular weight excluding hydrogens is 656 g/mol. The molecule has 264 valence electrons. The van der Waals surface area contributed by atoms with E-state index in [0.29, 0.717) is 50.1 Å². The Hall–Kier alpha value is -5.24. The Kier molecular flexibility index (Phi) is 9.51. The average Bonchev–Trinajstić information content (AvgIpc) is 3.53. The molecule has 0 amide bonds. The molecule has 13 heteroatoms. The molecule has 1 aliphatic carbocycles. The summed E-state index contributed by atoms with van der Waals surface area (Å²) >= 11 is 0. The molecule has 1 atom stereocenters. The van der Waals surface area contributed by atoms with Crippen molar-refractivity contribution >= 4 is 16.7 Å². The number of aliphatic hydroxyl groups excluding tert-OH is 1. The van der Waals surface area contributed by atoms with Gasteiger partial charge in [0.05, 0.1) is 29.6 Å². The van der Waals surface area contributed by atoms with Crippen LogP contribution in [0.4, 0.5) is 8.78 Å². The molecule has 0 saturated heterocycles. The molecule has 2 aromatic carbocycles. The fourth-order valence-corrected chi connectivity index (χ4v) is 7.00. The second-order valence-electron chi connectivity index (χ2n) is 13.4. The van der Waals surface area contributed by atoms with Crippen molar-refractivity contribution in [2.75, 3.05) is 13.7 Å². The standard InChI is InChI=1S/C38H39F2N7O4/c1-23(22-48)44(2)19-25-15-32(49)11-12-33(25)24-4-3-5-31(14-24)46-36-34(16-27(40)17-42-36)37(50)47(38(46)51)30-9-7-28(8-10-30)41-18-29-21-45-20-26(39)6-13-35(45)43-29/h3-6,11-17,20-21,23,28,30,41,48-49H,7-10,18-19,22H2,1-2H3/t23-,28-,30+/m1/s1. The highest BCUT2D eigenvalue weighted by atomic mass is 19.1. The number of aromatic nitrogens is 5. The van der Waals surface area contributed by atoms with E-state index >= 15 is 0 Å². The number of hydrogen-bond acceptors (Lipinski definition) is 8. The summed E-state index contributed by atoms with van der Waals surface area (Å²) in [5.74, 6) is -0.915. The molecule has 1 aliphatic rings. The number of aliphatic hydroxyl groups is 1. The molecule has 1 fully saturated rings. The molecule has 0 aliphatic heterocycles. The summed E-state index contributed by atoms with van der Waals surface area (Å²) in [6, 6.07) is 16.1. The third kappa shape index (κ3) is 6.92. The summed E-state index contributed by atoms with van der Waals surface area (Å²) in [6.07, 6.45) is 6.66. The SMILES string of the molecule is C[C@H](CO)N(C)Cc1cc(O)ccc1-c1cccc(-n2c(=O)n([C@H]3CC[C@@H](NCc4cn5cc(F)ccc5n4)CC3)c(=O)c3cc(F)cnc32)c1. The lowest BCUT2D eigenvalue weighted by molar-refractivity contribution is 0.154. The van der Waals surface area contributed by atoms with Gasteiger partial charge in [0.25, 0.3) is 5.56 Å². The third-order valence-corrected chi connectivity index (χ3v) is 9.93. The van der Waals surface area contributed by atoms with E-state index < -0.39 is 23.1 Å². The van der Waals surface area contributed by atoms with Crippen molar-refractivity contribution in [2.45, 2.75) is 63.8 Å². The van der Waals surface area contributed by atoms with Crippen LogP contribution in [-0.2, 0) is 13.1 Å². The fourth-order valence-electron chi connectivity index (χ4n) is 7.00. The molecule has 4 aromatic heterocycles. The zero-order valence-corrected chi connectivity index (χ0v) is 28.3. The molecule has 6 aromatic rings. The van der Waals surface area contributed by atoms with Gasteiger partial charge in [-0.3, -0.25) is 14.3 Å². The summed E-state index contributed by atoms with van der Waals surface area (Å²) in [7, 11) is 1.89. The van der Waals surface area contributed by atoms with Crippen LogP contribution in [0.15, 0.2) is 88.8 Å². The van der Waals surface area contributed by atoms with Crippen LogP contribution in [0.5, 0.6) is 5.75 Å². The van der Waals surface area contributed by atoms with Crippen LogP contribution in [0.2, 0.25) is 0 Å². The zero-order valence-electron chi connectivity index (χ0n) is 28.3. The minimum atomic E-state index is -0.678. The van der Waals surface area contributed by atoms with Crippen molar-refractivity contribution in [3.63, 3.8) is 0 Å². The first-order valence-electron chi connectivity index (χ1n) is 17.0. The Morgan fingerprint density at radius 3 is 2.59 bits per heavy atom. The van der Waals surface area contributed by atoms with Crippen LogP contribution < -0.4 is 16.6 Å². The Labute approximate surface area is 292 Å². The van der Waals surface area contributed by atoms with Gasteiger partial charge in [0.2, 0.25) is 0 Å². The van der Waals surface area contributed by atoms with Crippen LogP contribution in [0.25, 0.3) is 33.5 Å². The Morgan fingerprint density at radius 2 is 1.80 bits per heavy atom. The lowest BCUT2D eigenvalue weighted by Crippen LogP contribution is -2.44. The van der Waals surface area contributed by atoms with Crippen molar-refractivity contribution in [1.29, 1.82) is 0 Å². The molecule has 1 saturated carbocycles. The predicted octanol–water partition coefficient (Wildman–Crippen LogP) is 4.93. The number of nitrogens with zero attached hydrogens (tertiary/aromatic N) is 6. The van der Waals surface area contributed by atoms with E-state index in [1.807, 2.05) is 31.0 Å². The monoisotopic (exact) mass is 695 g/mol. The van der Waals surface area contributed by atoms with Crippen molar-refractivity contribution < 1.29 is 19.0 Å². The van der Waals surface area contributed by atoms with E-state index in [1.165, 1.54) is 21.4 Å². The normalized spacial score (nSPS) is 17.1. The van der Waals surface area contributed by atoms with Crippen LogP contribution in [-0.4, -0.2) is 64.4 Å². The maximum atomic E-state index is 14.6. The van der Waals surface area contributed by atoms with Crippen LogP contribution in [0.3, 0.4) is 0 Å². The number of rotatable bonds is 10. The molecule has 7 rings (SSSR count). The van der Waals surface area contributed by atoms with E-state index in [9.17, 15) is 28.6 Å². The fraction of sp³-hybridized carbons (Fsp3) is 0.316. The molecule has 0 radical (unpaired) electrons. The topological polar surface area (TPSA) is 130 Å². The third-order valence-electron chi connectivity index (χ3n) is 9.93. The van der Waals surface area contributed by atoms with Crippen molar-refractivity contribution in [3.8, 4) is 22.6 Å². The highest BCUT2D eigenvalue weighted by molar-refractivity contribution is 5.77. The van der Waals surface area contributed by atoms with Gasteiger partial charge in [-0.05, 0) is 98.8 Å². The van der Waals surface area contributed by atoms with E-state index in [0.717, 1.165) is 34.6 Å². The Morgan fingerprint density at radius 1 is 1.00 bits per heavy atom. The number of likely N-dealkylation sites (N-methyl/N-ethyl adjacent to an activating group) is 1. The van der Waals surface area contributed by atoms with Crippen molar-refractivity contribution in [1.82, 2.24) is 33.7 Å². The minimum absolute atomic E-state index is 0.00785. The quantitative estimate of drug-likeness (QED) is 0.184. The van der Waals surface area contributed by atoms with Crippen LogP contribution in [0, 0.1) is 11.6 Å². The number of benzene rings is 2. The number of imidazole rings is 1. The molecular formula is C38H39F2N7O4. The number of halogens is 2. The van der Waals surface area contributed by atoms with Crippen molar-refractivity contribution in [2.24, 2.45) is 0 Å². The summed E-state index contributed by atoms with van der Waals surface area (Å²) in [4.78, 5) is 39.0. The second-order valence-corrected chi connectivity index (χ2v) is 13.4. The first-order chi connectivity index (χ1) is 24.6. The van der Waals surface area contributed by atoms with E-state index in [-0.39, 0.29) is 41.3 Å². The van der Waals surface area contributed by atoms with Crippen molar-refractivity contribution in [3.05, 3.63) is 123 Å². The van der Waals surface area contributed by atoms with E-state index in [4.69, 9.17) is 0 Å². The number of phenols is 1. The van der Waals surface area contributed by atoms with Gasteiger partial charge >= 0.3 is 5.69 Å². The summed E-state index contributed by atoms with van der Waals surface area (Å²) in [5, 5.41) is 23.5. The van der Waals surface area contributed by atoms with Gasteiger partial charge in [0, 0.05) is 43.6 Å². The molecule has 11 nitrogen and oxygen atoms in total. The van der Waals surface area contributed by atoms with Crippen LogP contribution in [0.1, 0.15) is 49.9 Å². The molecule has 3 N–H and O–H groups in total. The maximum absolute atomic E-state index is 14.6. The summed E-state index contributed by atoms with van der Waals surface area (Å²) < 4.78 is 32.5. The number of nitrogens with one attached hydrogen (secondary N) is 1. The number of fused-ring (bicyclic) bond motifs is 2. The number of aromatic hydroxyl groups is 1. The number of phenolic OH excluding ortho intramolecular Hbond substituents is 1. The first kappa shape index (κ1) is 34.2. The molecule has 0 spiro atoms. The van der Waals surface area contributed by atoms with Gasteiger partial charge < -0.3 is 19.9 Å². The molecule has 51 heavy (non-hydrogen) atoms. The van der Waals surface area contributed by atoms with E-state index in [1.54, 1.807) is 47.0 Å². The van der Waals surface area contributed by atoms with Gasteiger partial charge in [-0.1, -0.05) is 18.2 Å². The largest absolute Gasteiger partial charge is 0.508 e. The Balaban J connectivity index is 1.19. The number of hydrogen-bond donors (Lipinski definition) is 3. The predicted molar refractivity (Wildman–Crippen MR) is 190 cm³/mol. The lowest BCUT2D eigenvalue weighted by Gasteiger charge is -2.30. The van der Waals surface area contributed by atoms with Gasteiger partial charge in [-0.25, -0.2) is 28.1 Å². The zero-order chi connectivity index (χ0) is 35.8. The van der Waals surface area contributed by atoms with Gasteiger partial charge in [0.15, 0.2) is 5.65 Å². The smallest absolute Gasteiger partial charge is 0.337 e. The van der Waals surface area contributed by atoms with Crippen LogP contribution >= 0.6 is 0 Å². The molecule has 0 unspecified atom stereocenters. The Bertz CT molecular complexity index is 2350. The highest BCUT2D eigenvalue weighted by Gasteiger charge is 2.27. The molecule has 4 heterocycles. The minimum Gasteiger partial charge on any atom is -0.508 e. The average molecular weight is 696 g/mol. The maximum Gasteiger partial charge on any atom is 0.337 e. The first-order valence-corrected chi connectivity index (χ1v) is 17.0. The number of pyridine rings is 2. The van der Waals surface area contributed by atoms with E-state index in [2.05, 4.69) is 15.3 Å². The van der Waals surface area contributed by atoms with Gasteiger partial charge in [0.1, 0.15) is 23.0 Å². The van der Waals surface area contributed by atoms with Gasteiger partial charge in [-0.15, -0.1) is 0 Å².